The van der Waals surface area contributed by atoms with Gasteiger partial charge in [-0.3, -0.25) is 4.57 Å². The summed E-state index contributed by atoms with van der Waals surface area (Å²) >= 11 is 0. The lowest BCUT2D eigenvalue weighted by molar-refractivity contribution is 0.140. The summed E-state index contributed by atoms with van der Waals surface area (Å²) in [4.78, 5) is 13.2. The molecule has 0 spiro atoms. The molecular formula is C35H45FNO6PSi. The molecule has 0 heterocycles. The first-order valence-corrected chi connectivity index (χ1v) is 19.9. The van der Waals surface area contributed by atoms with Crippen LogP contribution in [0.5, 0.6) is 5.75 Å². The number of nitrogens with one attached hydrogen (secondary N) is 1. The summed E-state index contributed by atoms with van der Waals surface area (Å²) in [6.07, 6.45) is 0.579. The van der Waals surface area contributed by atoms with Crippen LogP contribution in [-0.2, 0) is 24.8 Å². The van der Waals surface area contributed by atoms with Crippen molar-refractivity contribution in [1.82, 2.24) is 5.32 Å². The van der Waals surface area contributed by atoms with Gasteiger partial charge in [0.1, 0.15) is 12.4 Å². The van der Waals surface area contributed by atoms with E-state index in [1.165, 1.54) is 0 Å². The highest BCUT2D eigenvalue weighted by atomic mass is 31.2. The molecule has 0 bridgehead atoms. The van der Waals surface area contributed by atoms with Crippen LogP contribution in [0.3, 0.4) is 0 Å². The molecule has 1 amide bonds. The van der Waals surface area contributed by atoms with Crippen molar-refractivity contribution in [2.75, 3.05) is 19.8 Å². The number of hydrogen-bond donors (Lipinski definition) is 1. The molecule has 0 radical (unpaired) electrons. The third-order valence-corrected chi connectivity index (χ3v) is 14.6. The van der Waals surface area contributed by atoms with Gasteiger partial charge in [-0.1, -0.05) is 81.4 Å². The Bertz CT molecular complexity index is 1500. The zero-order valence-corrected chi connectivity index (χ0v) is 29.2. The predicted octanol–water partition coefficient (Wildman–Crippen LogP) is 9.60. The summed E-state index contributed by atoms with van der Waals surface area (Å²) in [6.45, 7) is 14.2. The second-order valence-corrected chi connectivity index (χ2v) is 19.3. The Morgan fingerprint density at radius 2 is 1.47 bits per heavy atom. The number of hydrogen-bond acceptors (Lipinski definition) is 6. The van der Waals surface area contributed by atoms with Crippen LogP contribution < -0.4 is 9.74 Å². The molecule has 10 heteroatoms. The second-order valence-electron chi connectivity index (χ2n) is 12.6. The van der Waals surface area contributed by atoms with Gasteiger partial charge in [0.05, 0.1) is 19.3 Å². The van der Waals surface area contributed by atoms with Crippen molar-refractivity contribution >= 4 is 22.0 Å². The molecule has 0 aromatic heterocycles. The molecule has 4 rings (SSSR count). The van der Waals surface area contributed by atoms with E-state index >= 15 is 4.39 Å². The van der Waals surface area contributed by atoms with Crippen LogP contribution in [0.4, 0.5) is 9.18 Å². The Morgan fingerprint density at radius 1 is 0.933 bits per heavy atom. The second kappa shape index (κ2) is 14.5. The first-order chi connectivity index (χ1) is 21.3. The number of carbonyl (C=O) groups is 1. The van der Waals surface area contributed by atoms with Gasteiger partial charge in [0, 0.05) is 5.92 Å². The summed E-state index contributed by atoms with van der Waals surface area (Å²) < 4.78 is 51.1. The molecular weight excluding hydrogens is 608 g/mol. The van der Waals surface area contributed by atoms with Gasteiger partial charge in [0.2, 0.25) is 13.9 Å². The van der Waals surface area contributed by atoms with Gasteiger partial charge < -0.3 is 23.5 Å². The van der Waals surface area contributed by atoms with Gasteiger partial charge in [-0.25, -0.2) is 4.79 Å². The summed E-state index contributed by atoms with van der Waals surface area (Å²) in [7, 11) is -6.21. The molecule has 1 aliphatic rings. The van der Waals surface area contributed by atoms with Crippen LogP contribution >= 0.6 is 7.60 Å². The highest BCUT2D eigenvalue weighted by Crippen LogP contribution is 2.56. The largest absolute Gasteiger partial charge is 0.544 e. The average molecular weight is 654 g/mol. The highest BCUT2D eigenvalue weighted by molar-refractivity contribution is 7.58. The van der Waals surface area contributed by atoms with E-state index in [2.05, 4.69) is 51.3 Å². The Kier molecular flexibility index (Phi) is 11.1. The molecule has 0 unspecified atom stereocenters. The molecule has 0 saturated heterocycles. The van der Waals surface area contributed by atoms with Gasteiger partial charge in [-0.15, -0.1) is 0 Å². The SMILES string of the molecule is CCOP(=O)(OCC)C(F)=C[C@H](Cc1ccc(O[Si](C)(C)C(C)(C)C)cc1)NC(=O)OCC1c2ccccc2-c2ccccc21. The number of alkyl carbamates (subject to hydrolysis) is 1. The molecule has 1 atom stereocenters. The molecule has 45 heavy (non-hydrogen) atoms. The number of carbonyl (C=O) groups excluding carboxylic acids is 1. The number of ether oxygens (including phenoxy) is 1. The van der Waals surface area contributed by atoms with Crippen LogP contribution in [0, 0.1) is 0 Å². The van der Waals surface area contributed by atoms with Crippen molar-refractivity contribution in [2.24, 2.45) is 0 Å². The molecule has 3 aromatic carbocycles. The first-order valence-electron chi connectivity index (χ1n) is 15.4. The van der Waals surface area contributed by atoms with Gasteiger partial charge in [0.15, 0.2) is 0 Å². The number of halogens is 1. The molecule has 0 fully saturated rings. The third-order valence-electron chi connectivity index (χ3n) is 8.40. The van der Waals surface area contributed by atoms with E-state index in [-0.39, 0.29) is 37.2 Å². The third kappa shape index (κ3) is 8.33. The number of benzene rings is 3. The standard InChI is InChI=1S/C35H45FNO6PSi/c1-8-41-44(39,42-9-2)33(36)23-26(22-25-18-20-27(21-19-25)43-45(6,7)35(3,4)5)37-34(38)40-24-32-30-16-12-10-14-28(30)29-15-11-13-17-31(29)32/h10-21,23,26,32H,8-9,22,24H2,1-7H3,(H,37,38)/t26-/m0/s1. The summed E-state index contributed by atoms with van der Waals surface area (Å²) in [5, 5.41) is 2.81. The Hall–Kier alpha value is -3.23. The lowest BCUT2D eigenvalue weighted by Crippen LogP contribution is -2.43. The minimum atomic E-state index is -4.18. The Morgan fingerprint density at radius 3 is 1.98 bits per heavy atom. The zero-order chi connectivity index (χ0) is 32.8. The Balaban J connectivity index is 1.53. The van der Waals surface area contributed by atoms with Crippen molar-refractivity contribution < 1.29 is 32.0 Å². The fourth-order valence-electron chi connectivity index (χ4n) is 5.10. The van der Waals surface area contributed by atoms with Gasteiger partial charge in [0.25, 0.3) is 0 Å². The smallest absolute Gasteiger partial charge is 0.407 e. The molecule has 1 N–H and O–H groups in total. The summed E-state index contributed by atoms with van der Waals surface area (Å²) in [5.74, 6) is 0.628. The molecule has 7 nitrogen and oxygen atoms in total. The maximum absolute atomic E-state index is 15.5. The lowest BCUT2D eigenvalue weighted by atomic mass is 9.98. The molecule has 3 aromatic rings. The van der Waals surface area contributed by atoms with E-state index in [9.17, 15) is 9.36 Å². The fraction of sp³-hybridized carbons (Fsp3) is 0.400. The first kappa shape index (κ1) is 34.6. The number of amides is 1. The van der Waals surface area contributed by atoms with Crippen LogP contribution in [0.25, 0.3) is 11.1 Å². The van der Waals surface area contributed by atoms with E-state index < -0.39 is 33.6 Å². The Labute approximate surface area is 267 Å². The van der Waals surface area contributed by atoms with E-state index in [0.717, 1.165) is 39.6 Å². The van der Waals surface area contributed by atoms with Gasteiger partial charge >= 0.3 is 13.7 Å². The highest BCUT2D eigenvalue weighted by Gasteiger charge is 2.39. The lowest BCUT2D eigenvalue weighted by Gasteiger charge is -2.36. The fourth-order valence-corrected chi connectivity index (χ4v) is 7.49. The van der Waals surface area contributed by atoms with Crippen molar-refractivity contribution in [2.45, 2.75) is 71.1 Å². The molecule has 1 aliphatic carbocycles. The average Bonchev–Trinajstić information content (AvgIpc) is 3.30. The van der Waals surface area contributed by atoms with Crippen molar-refractivity contribution in [3.05, 3.63) is 101 Å². The summed E-state index contributed by atoms with van der Waals surface area (Å²) in [5.41, 5.74) is 4.16. The van der Waals surface area contributed by atoms with Crippen molar-refractivity contribution in [1.29, 1.82) is 0 Å². The van der Waals surface area contributed by atoms with E-state index in [0.29, 0.717) is 0 Å². The maximum Gasteiger partial charge on any atom is 0.407 e. The van der Waals surface area contributed by atoms with E-state index in [1.807, 2.05) is 60.7 Å². The van der Waals surface area contributed by atoms with E-state index in [4.69, 9.17) is 18.2 Å². The summed E-state index contributed by atoms with van der Waals surface area (Å²) in [6, 6.07) is 22.8. The number of rotatable bonds is 13. The predicted molar refractivity (Wildman–Crippen MR) is 180 cm³/mol. The van der Waals surface area contributed by atoms with Gasteiger partial charge in [-0.2, -0.15) is 4.39 Å². The van der Waals surface area contributed by atoms with Gasteiger partial charge in [-0.05, 0) is 84.4 Å². The monoisotopic (exact) mass is 653 g/mol. The van der Waals surface area contributed by atoms with Crippen molar-refractivity contribution in [3.63, 3.8) is 0 Å². The minimum Gasteiger partial charge on any atom is -0.544 e. The molecule has 0 aliphatic heterocycles. The maximum atomic E-state index is 15.5. The van der Waals surface area contributed by atoms with Crippen molar-refractivity contribution in [3.8, 4) is 16.9 Å². The quantitative estimate of drug-likeness (QED) is 0.146. The van der Waals surface area contributed by atoms with Crippen LogP contribution in [-0.4, -0.2) is 40.3 Å². The minimum absolute atomic E-state index is 0.00129. The van der Waals surface area contributed by atoms with E-state index in [1.54, 1.807) is 13.8 Å². The molecule has 242 valence electrons. The zero-order valence-electron chi connectivity index (χ0n) is 27.3. The normalized spacial score (nSPS) is 14.4. The number of fused-ring (bicyclic) bond motifs is 3. The van der Waals surface area contributed by atoms with Crippen LogP contribution in [0.2, 0.25) is 18.1 Å². The molecule has 0 saturated carbocycles. The topological polar surface area (TPSA) is 83.1 Å². The van der Waals surface area contributed by atoms with Crippen LogP contribution in [0.1, 0.15) is 57.2 Å². The van der Waals surface area contributed by atoms with Crippen LogP contribution in [0.15, 0.2) is 84.4 Å².